The number of aryl methyl sites for hydroxylation is 4. The van der Waals surface area contributed by atoms with E-state index in [2.05, 4.69) is 10.5 Å². The standard InChI is InChI=1S/C18H24N4O4S/c1-12-9-13(2)11-16(10-12)19-18(23)21-5-7-22(8-6-21)27(24,25)17-14(3)20-26-15(17)4/h9-11H,5-8H2,1-4H3,(H,19,23). The SMILES string of the molecule is Cc1cc(C)cc(NC(=O)N2CCN(S(=O)(=O)c3c(C)noc3C)CC2)c1. The number of rotatable bonds is 3. The molecule has 0 bridgehead atoms. The van der Waals surface area contributed by atoms with Crippen molar-refractivity contribution in [3.63, 3.8) is 0 Å². The van der Waals surface area contributed by atoms with Gasteiger partial charge in [0.1, 0.15) is 10.6 Å². The second-order valence-corrected chi connectivity index (χ2v) is 8.73. The lowest BCUT2D eigenvalue weighted by Crippen LogP contribution is -2.51. The van der Waals surface area contributed by atoms with Crippen LogP contribution < -0.4 is 5.32 Å². The quantitative estimate of drug-likeness (QED) is 0.866. The van der Waals surface area contributed by atoms with E-state index in [0.717, 1.165) is 16.8 Å². The Bertz CT molecular complexity index is 920. The van der Waals surface area contributed by atoms with Gasteiger partial charge in [0.25, 0.3) is 0 Å². The second-order valence-electron chi connectivity index (χ2n) is 6.85. The molecule has 146 valence electrons. The van der Waals surface area contributed by atoms with E-state index in [9.17, 15) is 13.2 Å². The van der Waals surface area contributed by atoms with E-state index < -0.39 is 10.0 Å². The van der Waals surface area contributed by atoms with Gasteiger partial charge in [0.05, 0.1) is 0 Å². The van der Waals surface area contributed by atoms with Gasteiger partial charge in [-0.3, -0.25) is 0 Å². The Kier molecular flexibility index (Phi) is 5.25. The minimum Gasteiger partial charge on any atom is -0.360 e. The molecule has 8 nitrogen and oxygen atoms in total. The molecule has 3 rings (SSSR count). The maximum Gasteiger partial charge on any atom is 0.321 e. The van der Waals surface area contributed by atoms with Gasteiger partial charge < -0.3 is 14.7 Å². The molecule has 0 spiro atoms. The number of carbonyl (C=O) groups is 1. The Hall–Kier alpha value is -2.39. The summed E-state index contributed by atoms with van der Waals surface area (Å²) in [5.74, 6) is 0.280. The number of carbonyl (C=O) groups excluding carboxylic acids is 1. The molecule has 0 saturated carbocycles. The maximum atomic E-state index is 12.8. The summed E-state index contributed by atoms with van der Waals surface area (Å²) in [6.07, 6.45) is 0. The van der Waals surface area contributed by atoms with Crippen LogP contribution in [0.15, 0.2) is 27.6 Å². The average Bonchev–Trinajstić information content (AvgIpc) is 2.93. The monoisotopic (exact) mass is 392 g/mol. The maximum absolute atomic E-state index is 12.8. The highest BCUT2D eigenvalue weighted by atomic mass is 32.2. The third-order valence-electron chi connectivity index (χ3n) is 4.56. The minimum atomic E-state index is -3.68. The van der Waals surface area contributed by atoms with Crippen LogP contribution in [0.2, 0.25) is 0 Å². The van der Waals surface area contributed by atoms with E-state index >= 15 is 0 Å². The molecule has 9 heteroatoms. The molecule has 1 aromatic heterocycles. The van der Waals surface area contributed by atoms with Crippen LogP contribution in [0.3, 0.4) is 0 Å². The summed E-state index contributed by atoms with van der Waals surface area (Å²) in [4.78, 5) is 14.2. The topological polar surface area (TPSA) is 95.8 Å². The molecule has 0 radical (unpaired) electrons. The van der Waals surface area contributed by atoms with Crippen molar-refractivity contribution in [2.45, 2.75) is 32.6 Å². The Balaban J connectivity index is 1.65. The van der Waals surface area contributed by atoms with E-state index in [1.807, 2.05) is 32.0 Å². The first kappa shape index (κ1) is 19.4. The summed E-state index contributed by atoms with van der Waals surface area (Å²) < 4.78 is 32.0. The van der Waals surface area contributed by atoms with Gasteiger partial charge in [0.2, 0.25) is 10.0 Å². The van der Waals surface area contributed by atoms with Gasteiger partial charge in [-0.15, -0.1) is 0 Å². The van der Waals surface area contributed by atoms with Crippen LogP contribution in [0.5, 0.6) is 0 Å². The lowest BCUT2D eigenvalue weighted by atomic mass is 10.1. The van der Waals surface area contributed by atoms with Crippen LogP contribution >= 0.6 is 0 Å². The number of aromatic nitrogens is 1. The van der Waals surface area contributed by atoms with E-state index in [0.29, 0.717) is 18.8 Å². The van der Waals surface area contributed by atoms with Crippen molar-refractivity contribution >= 4 is 21.7 Å². The van der Waals surface area contributed by atoms with Crippen molar-refractivity contribution in [3.8, 4) is 0 Å². The highest BCUT2D eigenvalue weighted by Crippen LogP contribution is 2.24. The number of hydrogen-bond donors (Lipinski definition) is 1. The number of nitrogens with zero attached hydrogens (tertiary/aromatic N) is 3. The summed E-state index contributed by atoms with van der Waals surface area (Å²) in [7, 11) is -3.68. The van der Waals surface area contributed by atoms with Crippen molar-refractivity contribution in [2.24, 2.45) is 0 Å². The van der Waals surface area contributed by atoms with Crippen LogP contribution in [-0.4, -0.2) is 55.0 Å². The molecule has 2 amide bonds. The number of nitrogens with one attached hydrogen (secondary N) is 1. The minimum absolute atomic E-state index is 0.121. The number of amides is 2. The molecule has 1 N–H and O–H groups in total. The average molecular weight is 392 g/mol. The Labute approximate surface area is 159 Å². The second kappa shape index (κ2) is 7.32. The molecular formula is C18H24N4O4S. The third-order valence-corrected chi connectivity index (χ3v) is 6.71. The molecule has 1 aliphatic heterocycles. The van der Waals surface area contributed by atoms with Crippen molar-refractivity contribution in [1.82, 2.24) is 14.4 Å². The molecule has 1 aliphatic rings. The van der Waals surface area contributed by atoms with Crippen LogP contribution in [-0.2, 0) is 10.0 Å². The van der Waals surface area contributed by atoms with E-state index in [-0.39, 0.29) is 29.8 Å². The molecule has 0 atom stereocenters. The Morgan fingerprint density at radius 1 is 1.04 bits per heavy atom. The molecule has 2 aromatic rings. The summed E-state index contributed by atoms with van der Waals surface area (Å²) in [5.41, 5.74) is 3.23. The van der Waals surface area contributed by atoms with Gasteiger partial charge in [0, 0.05) is 31.9 Å². The first-order valence-electron chi connectivity index (χ1n) is 8.76. The highest BCUT2D eigenvalue weighted by molar-refractivity contribution is 7.89. The molecule has 1 aromatic carbocycles. The van der Waals surface area contributed by atoms with Crippen molar-refractivity contribution < 1.29 is 17.7 Å². The van der Waals surface area contributed by atoms with E-state index in [1.54, 1.807) is 18.7 Å². The number of benzene rings is 1. The number of anilines is 1. The smallest absolute Gasteiger partial charge is 0.321 e. The summed E-state index contributed by atoms with van der Waals surface area (Å²) >= 11 is 0. The molecule has 0 unspecified atom stereocenters. The molecule has 0 aliphatic carbocycles. The third kappa shape index (κ3) is 3.98. The summed E-state index contributed by atoms with van der Waals surface area (Å²) in [6.45, 7) is 8.23. The first-order valence-corrected chi connectivity index (χ1v) is 10.2. The fourth-order valence-corrected chi connectivity index (χ4v) is 5.07. The molecule has 27 heavy (non-hydrogen) atoms. The summed E-state index contributed by atoms with van der Waals surface area (Å²) in [6, 6.07) is 5.62. The van der Waals surface area contributed by atoms with Gasteiger partial charge in [-0.05, 0) is 51.0 Å². The first-order chi connectivity index (χ1) is 12.7. The zero-order valence-electron chi connectivity index (χ0n) is 15.9. The molecular weight excluding hydrogens is 368 g/mol. The number of urea groups is 1. The van der Waals surface area contributed by atoms with Gasteiger partial charge >= 0.3 is 6.03 Å². The zero-order valence-corrected chi connectivity index (χ0v) is 16.8. The van der Waals surface area contributed by atoms with Crippen molar-refractivity contribution in [1.29, 1.82) is 0 Å². The van der Waals surface area contributed by atoms with E-state index in [4.69, 9.17) is 4.52 Å². The van der Waals surface area contributed by atoms with Crippen LogP contribution in [0, 0.1) is 27.7 Å². The van der Waals surface area contributed by atoms with E-state index in [1.165, 1.54) is 4.31 Å². The van der Waals surface area contributed by atoms with Gasteiger partial charge in [-0.25, -0.2) is 13.2 Å². The predicted octanol–water partition coefficient (Wildman–Crippen LogP) is 2.45. The number of piperazine rings is 1. The van der Waals surface area contributed by atoms with Gasteiger partial charge in [-0.1, -0.05) is 11.2 Å². The number of sulfonamides is 1. The Morgan fingerprint density at radius 3 is 2.15 bits per heavy atom. The highest BCUT2D eigenvalue weighted by Gasteiger charge is 2.34. The molecule has 1 fully saturated rings. The zero-order chi connectivity index (χ0) is 19.8. The summed E-state index contributed by atoms with van der Waals surface area (Å²) in [5, 5.41) is 6.61. The van der Waals surface area contributed by atoms with Crippen LogP contribution in [0.4, 0.5) is 10.5 Å². The number of hydrogen-bond acceptors (Lipinski definition) is 5. The Morgan fingerprint density at radius 2 is 1.63 bits per heavy atom. The normalized spacial score (nSPS) is 15.8. The fourth-order valence-electron chi connectivity index (χ4n) is 3.35. The van der Waals surface area contributed by atoms with Gasteiger partial charge in [-0.2, -0.15) is 4.31 Å². The lowest BCUT2D eigenvalue weighted by molar-refractivity contribution is 0.184. The van der Waals surface area contributed by atoms with Crippen molar-refractivity contribution in [2.75, 3.05) is 31.5 Å². The van der Waals surface area contributed by atoms with Crippen LogP contribution in [0.25, 0.3) is 0 Å². The molecule has 1 saturated heterocycles. The van der Waals surface area contributed by atoms with Crippen LogP contribution in [0.1, 0.15) is 22.6 Å². The lowest BCUT2D eigenvalue weighted by Gasteiger charge is -2.33. The van der Waals surface area contributed by atoms with Crippen molar-refractivity contribution in [3.05, 3.63) is 40.8 Å². The predicted molar refractivity (Wildman–Crippen MR) is 101 cm³/mol. The fraction of sp³-hybridized carbons (Fsp3) is 0.444. The van der Waals surface area contributed by atoms with Gasteiger partial charge in [0.15, 0.2) is 5.76 Å². The molecule has 2 heterocycles. The largest absolute Gasteiger partial charge is 0.360 e.